The van der Waals surface area contributed by atoms with Gasteiger partial charge in [-0.3, -0.25) is 19.1 Å². The standard InChI is InChI=1S/C33H36F2N5O6P/c34-33(35,47(44,45)46)25-12-9-23(10-13-25)11-16-30(42)37-32(22-41)17-5-4-6-26-14-15-28(39(26)21-32)31(43)38-19-24-18-36-40(29(24)20-38)27-7-2-1-3-8-27/h1-3,7-13,16,18,22,26,28H,4-6,14-15,17,19-21H2,(H,37,42)(H2,44,45,46)/b16-11+/t26-,28-,32-/m0/s1. The fourth-order valence-electron chi connectivity index (χ4n) is 6.93. The van der Waals surface area contributed by atoms with E-state index >= 15 is 0 Å². The van der Waals surface area contributed by atoms with Gasteiger partial charge in [-0.25, -0.2) is 4.68 Å². The number of benzene rings is 2. The first kappa shape index (κ1) is 32.9. The summed E-state index contributed by atoms with van der Waals surface area (Å²) in [6.45, 7) is 1.06. The van der Waals surface area contributed by atoms with Gasteiger partial charge >= 0.3 is 13.3 Å². The van der Waals surface area contributed by atoms with Crippen LogP contribution in [0.2, 0.25) is 0 Å². The van der Waals surface area contributed by atoms with Gasteiger partial charge in [0.05, 0.1) is 30.2 Å². The lowest BCUT2D eigenvalue weighted by Gasteiger charge is -2.40. The minimum Gasteiger partial charge on any atom is -0.339 e. The highest BCUT2D eigenvalue weighted by atomic mass is 31.2. The van der Waals surface area contributed by atoms with Crippen LogP contribution in [0.5, 0.6) is 0 Å². The van der Waals surface area contributed by atoms with Crippen molar-refractivity contribution in [3.63, 3.8) is 0 Å². The Kier molecular flexibility index (Phi) is 9.01. The number of fused-ring (bicyclic) bond motifs is 2. The number of para-hydroxylation sites is 1. The van der Waals surface area contributed by atoms with E-state index in [1.807, 2.05) is 39.9 Å². The van der Waals surface area contributed by atoms with Gasteiger partial charge in [0.2, 0.25) is 11.8 Å². The zero-order valence-corrected chi connectivity index (χ0v) is 26.4. The van der Waals surface area contributed by atoms with Crippen molar-refractivity contribution in [1.29, 1.82) is 0 Å². The first-order valence-corrected chi connectivity index (χ1v) is 17.2. The van der Waals surface area contributed by atoms with Crippen LogP contribution in [0.4, 0.5) is 8.78 Å². The molecule has 0 bridgehead atoms. The normalized spacial score (nSPS) is 23.6. The van der Waals surface area contributed by atoms with E-state index in [1.165, 1.54) is 24.3 Å². The summed E-state index contributed by atoms with van der Waals surface area (Å²) in [5.74, 6) is -0.580. The summed E-state index contributed by atoms with van der Waals surface area (Å²) in [6, 6.07) is 13.6. The smallest absolute Gasteiger partial charge is 0.339 e. The molecule has 2 saturated heterocycles. The molecule has 248 valence electrons. The third kappa shape index (κ3) is 6.58. The van der Waals surface area contributed by atoms with Gasteiger partial charge in [0.1, 0.15) is 11.8 Å². The molecular weight excluding hydrogens is 631 g/mol. The Morgan fingerprint density at radius 1 is 1.02 bits per heavy atom. The van der Waals surface area contributed by atoms with Crippen LogP contribution in [0.25, 0.3) is 11.8 Å². The van der Waals surface area contributed by atoms with Gasteiger partial charge in [0.15, 0.2) is 0 Å². The molecule has 2 aromatic carbocycles. The number of nitrogens with one attached hydrogen (secondary N) is 1. The van der Waals surface area contributed by atoms with Crippen LogP contribution >= 0.6 is 7.60 Å². The monoisotopic (exact) mass is 667 g/mol. The maximum Gasteiger partial charge on any atom is 0.399 e. The first-order valence-electron chi connectivity index (χ1n) is 15.6. The van der Waals surface area contributed by atoms with Crippen LogP contribution < -0.4 is 5.32 Å². The lowest BCUT2D eigenvalue weighted by atomic mass is 9.89. The summed E-state index contributed by atoms with van der Waals surface area (Å²) in [5, 5.41) is 7.39. The molecule has 3 N–H and O–H groups in total. The second-order valence-electron chi connectivity index (χ2n) is 12.5. The van der Waals surface area contributed by atoms with Gasteiger partial charge in [-0.05, 0) is 49.5 Å². The molecule has 47 heavy (non-hydrogen) atoms. The van der Waals surface area contributed by atoms with Gasteiger partial charge in [-0.15, -0.1) is 0 Å². The minimum atomic E-state index is -5.70. The fourth-order valence-corrected chi connectivity index (χ4v) is 7.42. The maximum absolute atomic E-state index is 14.0. The molecule has 2 fully saturated rings. The van der Waals surface area contributed by atoms with Crippen LogP contribution in [-0.4, -0.2) is 71.6 Å². The van der Waals surface area contributed by atoms with E-state index in [-0.39, 0.29) is 18.5 Å². The number of aldehydes is 1. The molecule has 1 aromatic heterocycles. The summed E-state index contributed by atoms with van der Waals surface area (Å²) < 4.78 is 41.0. The molecule has 2 amide bonds. The molecule has 0 radical (unpaired) electrons. The predicted molar refractivity (Wildman–Crippen MR) is 168 cm³/mol. The largest absolute Gasteiger partial charge is 0.399 e. The number of aromatic nitrogens is 2. The predicted octanol–water partition coefficient (Wildman–Crippen LogP) is 4.12. The number of hydrogen-bond donors (Lipinski definition) is 3. The second kappa shape index (κ2) is 12.9. The summed E-state index contributed by atoms with van der Waals surface area (Å²) in [4.78, 5) is 61.6. The van der Waals surface area contributed by atoms with Crippen LogP contribution in [0.15, 0.2) is 66.9 Å². The van der Waals surface area contributed by atoms with Crippen molar-refractivity contribution in [3.8, 4) is 5.69 Å². The number of alkyl halides is 2. The van der Waals surface area contributed by atoms with Crippen LogP contribution in [0.1, 0.15) is 60.9 Å². The Bertz CT molecular complexity index is 1730. The molecule has 14 heteroatoms. The highest BCUT2D eigenvalue weighted by Crippen LogP contribution is 2.59. The summed E-state index contributed by atoms with van der Waals surface area (Å²) >= 11 is 0. The van der Waals surface area contributed by atoms with Crippen molar-refractivity contribution in [1.82, 2.24) is 24.9 Å². The molecule has 3 atom stereocenters. The third-order valence-electron chi connectivity index (χ3n) is 9.42. The maximum atomic E-state index is 14.0. The van der Waals surface area contributed by atoms with Gasteiger partial charge in [-0.2, -0.15) is 13.9 Å². The van der Waals surface area contributed by atoms with Gasteiger partial charge < -0.3 is 24.8 Å². The van der Waals surface area contributed by atoms with E-state index in [1.54, 1.807) is 6.20 Å². The van der Waals surface area contributed by atoms with Gasteiger partial charge in [-0.1, -0.05) is 55.3 Å². The number of carbonyl (C=O) groups is 3. The van der Waals surface area contributed by atoms with Crippen molar-refractivity contribution in [2.45, 2.75) is 74.9 Å². The Labute approximate surface area is 270 Å². The third-order valence-corrected chi connectivity index (χ3v) is 10.4. The van der Waals surface area contributed by atoms with E-state index < -0.39 is 36.3 Å². The molecule has 4 heterocycles. The fraction of sp³-hybridized carbons (Fsp3) is 0.394. The number of carbonyl (C=O) groups excluding carboxylic acids is 3. The Morgan fingerprint density at radius 2 is 1.77 bits per heavy atom. The lowest BCUT2D eigenvalue weighted by Crippen LogP contribution is -2.60. The van der Waals surface area contributed by atoms with Crippen LogP contribution in [0.3, 0.4) is 0 Å². The lowest BCUT2D eigenvalue weighted by molar-refractivity contribution is -0.138. The number of nitrogens with zero attached hydrogens (tertiary/aromatic N) is 4. The average molecular weight is 668 g/mol. The van der Waals surface area contributed by atoms with Crippen LogP contribution in [0, 0.1) is 0 Å². The molecule has 11 nitrogen and oxygen atoms in total. The van der Waals surface area contributed by atoms with Crippen molar-refractivity contribution in [3.05, 3.63) is 89.3 Å². The van der Waals surface area contributed by atoms with E-state index in [9.17, 15) is 27.7 Å². The number of hydrogen-bond acceptors (Lipinski definition) is 6. The van der Waals surface area contributed by atoms with Crippen molar-refractivity contribution >= 4 is 31.8 Å². The quantitative estimate of drug-likeness (QED) is 0.185. The highest BCUT2D eigenvalue weighted by molar-refractivity contribution is 7.52. The first-order chi connectivity index (χ1) is 22.4. The zero-order valence-electron chi connectivity index (χ0n) is 25.5. The van der Waals surface area contributed by atoms with Crippen molar-refractivity contribution in [2.24, 2.45) is 0 Å². The average Bonchev–Trinajstić information content (AvgIpc) is 3.75. The summed E-state index contributed by atoms with van der Waals surface area (Å²) in [6.07, 6.45) is 9.42. The van der Waals surface area contributed by atoms with Crippen molar-refractivity contribution in [2.75, 3.05) is 6.54 Å². The zero-order chi connectivity index (χ0) is 33.4. The minimum absolute atomic E-state index is 0.0114. The molecule has 0 unspecified atom stereocenters. The Balaban J connectivity index is 1.14. The second-order valence-corrected chi connectivity index (χ2v) is 14.2. The molecule has 6 rings (SSSR count). The number of halogens is 2. The SMILES string of the molecule is O=C[C@]1(NC(=O)/C=C/c2ccc(C(F)(F)P(=O)(O)O)cc2)CCCC[C@H]2CC[C@@H](C(=O)N3Cc4cnn(-c5ccccc5)c4C3)N2C1. The summed E-state index contributed by atoms with van der Waals surface area (Å²) in [5.41, 5.74) is -3.19. The van der Waals surface area contributed by atoms with E-state index in [0.29, 0.717) is 31.5 Å². The van der Waals surface area contributed by atoms with Gasteiger partial charge in [0, 0.05) is 36.3 Å². The Morgan fingerprint density at radius 3 is 2.47 bits per heavy atom. The van der Waals surface area contributed by atoms with E-state index in [4.69, 9.17) is 9.79 Å². The highest BCUT2D eigenvalue weighted by Gasteiger charge is 2.50. The summed E-state index contributed by atoms with van der Waals surface area (Å²) in [7, 11) is -5.70. The molecule has 3 aliphatic heterocycles. The molecule has 3 aromatic rings. The Hall–Kier alpha value is -4.03. The molecule has 0 spiro atoms. The van der Waals surface area contributed by atoms with E-state index in [2.05, 4.69) is 15.3 Å². The molecular formula is C33H36F2N5O6P. The van der Waals surface area contributed by atoms with Crippen LogP contribution in [-0.2, 0) is 37.7 Å². The number of amides is 2. The van der Waals surface area contributed by atoms with Gasteiger partial charge in [0.25, 0.3) is 0 Å². The number of rotatable bonds is 8. The molecule has 3 aliphatic rings. The molecule has 0 aliphatic carbocycles. The van der Waals surface area contributed by atoms with E-state index in [0.717, 1.165) is 61.0 Å². The molecule has 0 saturated carbocycles. The topological polar surface area (TPSA) is 145 Å². The van der Waals surface area contributed by atoms with Crippen molar-refractivity contribution < 1.29 is 37.5 Å².